The number of halogens is 1. The molecule has 0 bridgehead atoms. The number of carbonyl (C=O) groups is 1. The Morgan fingerprint density at radius 1 is 1.22 bits per heavy atom. The van der Waals surface area contributed by atoms with Gasteiger partial charge in [0.2, 0.25) is 0 Å². The number of fused-ring (bicyclic) bond motifs is 1. The maximum atomic E-state index is 10.5. The van der Waals surface area contributed by atoms with E-state index >= 15 is 0 Å². The van der Waals surface area contributed by atoms with E-state index in [1.54, 1.807) is 0 Å². The number of rotatable bonds is 3. The van der Waals surface area contributed by atoms with E-state index in [0.29, 0.717) is 6.42 Å². The Hall–Kier alpha value is -1.03. The van der Waals surface area contributed by atoms with Gasteiger partial charge in [-0.2, -0.15) is 0 Å². The van der Waals surface area contributed by atoms with Crippen molar-refractivity contribution in [1.29, 1.82) is 0 Å². The smallest absolute Gasteiger partial charge is 0.162 e. The number of hydrogen-bond acceptors (Lipinski definition) is 3. The zero-order chi connectivity index (χ0) is 12.6. The Morgan fingerprint density at radius 3 is 2.50 bits per heavy atom. The van der Waals surface area contributed by atoms with Gasteiger partial charge in [0, 0.05) is 16.3 Å². The van der Waals surface area contributed by atoms with Gasteiger partial charge in [0.05, 0.1) is 13.2 Å². The molecule has 0 unspecified atom stereocenters. The highest BCUT2D eigenvalue weighted by Crippen LogP contribution is 2.49. The number of aryl methyl sites for hydroxylation is 1. The lowest BCUT2D eigenvalue weighted by Gasteiger charge is -2.10. The topological polar surface area (TPSA) is 35.5 Å². The molecule has 0 aromatic heterocycles. The monoisotopic (exact) mass is 310 g/mol. The molecule has 1 saturated carbocycles. The lowest BCUT2D eigenvalue weighted by atomic mass is 10.1. The summed E-state index contributed by atoms with van der Waals surface area (Å²) in [6.07, 6.45) is 4.59. The van der Waals surface area contributed by atoms with Crippen LogP contribution in [-0.4, -0.2) is 19.5 Å². The van der Waals surface area contributed by atoms with Gasteiger partial charge in [-0.25, -0.2) is 0 Å². The Labute approximate surface area is 115 Å². The van der Waals surface area contributed by atoms with E-state index in [1.807, 2.05) is 12.1 Å². The van der Waals surface area contributed by atoms with E-state index in [-0.39, 0.29) is 5.41 Å². The first-order valence-corrected chi connectivity index (χ1v) is 7.03. The largest absolute Gasteiger partial charge is 0.489 e. The molecule has 1 fully saturated rings. The molecule has 1 heterocycles. The van der Waals surface area contributed by atoms with E-state index in [0.717, 1.165) is 47.5 Å². The van der Waals surface area contributed by atoms with E-state index in [4.69, 9.17) is 9.47 Å². The number of carbonyl (C=O) groups excluding carboxylic acids is 1. The summed E-state index contributed by atoms with van der Waals surface area (Å²) in [5.74, 6) is 1.61. The Kier molecular flexibility index (Phi) is 3.06. The molecular weight excluding hydrogens is 296 g/mol. The van der Waals surface area contributed by atoms with Gasteiger partial charge in [0.15, 0.2) is 11.5 Å². The molecule has 1 aromatic rings. The van der Waals surface area contributed by atoms with Crippen LogP contribution >= 0.6 is 15.9 Å². The van der Waals surface area contributed by atoms with Crippen LogP contribution < -0.4 is 9.47 Å². The molecule has 18 heavy (non-hydrogen) atoms. The van der Waals surface area contributed by atoms with Gasteiger partial charge in [0.25, 0.3) is 0 Å². The molecule has 1 spiro atoms. The van der Waals surface area contributed by atoms with E-state index < -0.39 is 0 Å². The molecule has 0 saturated heterocycles. The van der Waals surface area contributed by atoms with Gasteiger partial charge in [-0.15, -0.1) is 0 Å². The van der Waals surface area contributed by atoms with Crippen molar-refractivity contribution in [3.63, 3.8) is 0 Å². The van der Waals surface area contributed by atoms with Gasteiger partial charge in [-0.05, 0) is 37.0 Å². The average Bonchev–Trinajstić information content (AvgIpc) is 3.16. The highest BCUT2D eigenvalue weighted by atomic mass is 79.9. The zero-order valence-electron chi connectivity index (χ0n) is 10.1. The summed E-state index contributed by atoms with van der Waals surface area (Å²) < 4.78 is 12.7. The minimum absolute atomic E-state index is 0.258. The van der Waals surface area contributed by atoms with Crippen LogP contribution in [0.1, 0.15) is 24.8 Å². The van der Waals surface area contributed by atoms with Gasteiger partial charge >= 0.3 is 0 Å². The lowest BCUT2D eigenvalue weighted by molar-refractivity contribution is -0.107. The molecule has 2 aliphatic rings. The highest BCUT2D eigenvalue weighted by molar-refractivity contribution is 9.10. The first-order chi connectivity index (χ1) is 8.72. The van der Waals surface area contributed by atoms with Crippen molar-refractivity contribution in [1.82, 2.24) is 0 Å². The summed E-state index contributed by atoms with van der Waals surface area (Å²) >= 11 is 3.52. The van der Waals surface area contributed by atoms with Crippen LogP contribution in [0, 0.1) is 5.41 Å². The van der Waals surface area contributed by atoms with Crippen LogP contribution in [0.15, 0.2) is 16.6 Å². The zero-order valence-corrected chi connectivity index (χ0v) is 11.7. The number of hydrogen-bond donors (Lipinski definition) is 0. The fraction of sp³-hybridized carbons (Fsp3) is 0.500. The van der Waals surface area contributed by atoms with Gasteiger partial charge < -0.3 is 14.3 Å². The van der Waals surface area contributed by atoms with Crippen LogP contribution in [0.3, 0.4) is 0 Å². The van der Waals surface area contributed by atoms with Crippen molar-refractivity contribution >= 4 is 22.2 Å². The van der Waals surface area contributed by atoms with E-state index in [2.05, 4.69) is 15.9 Å². The summed E-state index contributed by atoms with van der Waals surface area (Å²) in [4.78, 5) is 10.5. The van der Waals surface area contributed by atoms with Crippen molar-refractivity contribution in [3.05, 3.63) is 22.2 Å². The molecule has 1 aliphatic carbocycles. The van der Waals surface area contributed by atoms with Crippen LogP contribution in [0.4, 0.5) is 0 Å². The normalized spacial score (nSPS) is 19.4. The number of benzene rings is 1. The maximum Gasteiger partial charge on any atom is 0.162 e. The van der Waals surface area contributed by atoms with Crippen LogP contribution in [-0.2, 0) is 11.2 Å². The van der Waals surface area contributed by atoms with Crippen molar-refractivity contribution in [3.8, 4) is 11.5 Å². The van der Waals surface area contributed by atoms with Gasteiger partial charge in [-0.3, -0.25) is 0 Å². The molecule has 96 valence electrons. The quantitative estimate of drug-likeness (QED) is 0.805. The molecule has 1 aromatic carbocycles. The molecule has 0 amide bonds. The van der Waals surface area contributed by atoms with Crippen molar-refractivity contribution < 1.29 is 14.3 Å². The summed E-state index contributed by atoms with van der Waals surface area (Å²) in [6, 6.07) is 3.95. The molecule has 0 atom stereocenters. The summed E-state index contributed by atoms with van der Waals surface area (Å²) in [5, 5.41) is 0. The molecular formula is C14H15BrO3. The Balaban J connectivity index is 1.85. The fourth-order valence-electron chi connectivity index (χ4n) is 2.18. The van der Waals surface area contributed by atoms with Gasteiger partial charge in [-0.1, -0.05) is 15.9 Å². The third kappa shape index (κ3) is 2.26. The minimum atomic E-state index is 0.258. The Morgan fingerprint density at radius 2 is 1.89 bits per heavy atom. The first kappa shape index (κ1) is 12.0. The maximum absolute atomic E-state index is 10.5. The summed E-state index contributed by atoms with van der Waals surface area (Å²) in [5.41, 5.74) is 1.35. The van der Waals surface area contributed by atoms with Crippen LogP contribution in [0.25, 0.3) is 0 Å². The molecule has 1 aliphatic heterocycles. The second kappa shape index (κ2) is 4.57. The number of ether oxygens (including phenoxy) is 2. The molecule has 0 N–H and O–H groups in total. The van der Waals surface area contributed by atoms with Crippen molar-refractivity contribution in [2.75, 3.05) is 13.2 Å². The Bertz CT molecular complexity index is 480. The van der Waals surface area contributed by atoms with E-state index in [1.165, 1.54) is 12.8 Å². The SMILES string of the molecule is O=CCCc1cc2c(cc1Br)OCC1(CC1)CO2. The lowest BCUT2D eigenvalue weighted by Crippen LogP contribution is -2.17. The average molecular weight is 311 g/mol. The number of aldehydes is 1. The standard InChI is InChI=1S/C14H15BrO3/c15-11-7-13-12(6-10(11)2-1-5-16)17-8-14(3-4-14)9-18-13/h5-7H,1-4,8-9H2. The second-order valence-electron chi connectivity index (χ2n) is 5.17. The third-order valence-electron chi connectivity index (χ3n) is 3.67. The fourth-order valence-corrected chi connectivity index (χ4v) is 2.70. The van der Waals surface area contributed by atoms with Crippen LogP contribution in [0.5, 0.6) is 11.5 Å². The minimum Gasteiger partial charge on any atom is -0.489 e. The predicted octanol–water partition coefficient (Wildman–Crippen LogP) is 3.13. The molecule has 3 rings (SSSR count). The summed E-state index contributed by atoms with van der Waals surface area (Å²) in [7, 11) is 0. The third-order valence-corrected chi connectivity index (χ3v) is 4.41. The predicted molar refractivity (Wildman–Crippen MR) is 71.2 cm³/mol. The molecule has 0 radical (unpaired) electrons. The van der Waals surface area contributed by atoms with Crippen molar-refractivity contribution in [2.24, 2.45) is 5.41 Å². The molecule has 3 nitrogen and oxygen atoms in total. The summed E-state index contributed by atoms with van der Waals surface area (Å²) in [6.45, 7) is 1.49. The van der Waals surface area contributed by atoms with E-state index in [9.17, 15) is 4.79 Å². The highest BCUT2D eigenvalue weighted by Gasteiger charge is 2.46. The van der Waals surface area contributed by atoms with Crippen LogP contribution in [0.2, 0.25) is 0 Å². The van der Waals surface area contributed by atoms with Crippen molar-refractivity contribution in [2.45, 2.75) is 25.7 Å². The first-order valence-electron chi connectivity index (χ1n) is 6.24. The second-order valence-corrected chi connectivity index (χ2v) is 6.03. The van der Waals surface area contributed by atoms with Gasteiger partial charge in [0.1, 0.15) is 6.29 Å². The molecule has 4 heteroatoms.